The quantitative estimate of drug-likeness (QED) is 0.187. The number of alkyl halides is 6. The lowest BCUT2D eigenvalue weighted by atomic mass is 9.97. The van der Waals surface area contributed by atoms with Gasteiger partial charge in [-0.1, -0.05) is 30.2 Å². The topological polar surface area (TPSA) is 198 Å². The number of benzene rings is 1. The Morgan fingerprint density at radius 2 is 1.72 bits per heavy atom. The van der Waals surface area contributed by atoms with Crippen LogP contribution in [0.5, 0.6) is 5.88 Å². The van der Waals surface area contributed by atoms with E-state index in [0.717, 1.165) is 10.9 Å². The van der Waals surface area contributed by atoms with Gasteiger partial charge in [0.05, 0.1) is 54.6 Å². The maximum atomic E-state index is 13.9. The predicted octanol–water partition coefficient (Wildman–Crippen LogP) is 6.19. The Kier molecular flexibility index (Phi) is 11.6. The van der Waals surface area contributed by atoms with Crippen molar-refractivity contribution in [3.8, 4) is 39.9 Å². The smallest absolute Gasteiger partial charge is 0.481 e. The molecule has 0 saturated carbocycles. The largest absolute Gasteiger partial charge is 0.490 e. The highest BCUT2D eigenvalue weighted by Crippen LogP contribution is 2.34. The zero-order valence-corrected chi connectivity index (χ0v) is 30.7. The predicted molar refractivity (Wildman–Crippen MR) is 191 cm³/mol. The van der Waals surface area contributed by atoms with Gasteiger partial charge >= 0.3 is 18.3 Å². The summed E-state index contributed by atoms with van der Waals surface area (Å²) in [4.78, 5) is 53.5. The number of carbonyl (C=O) groups is 2. The van der Waals surface area contributed by atoms with E-state index in [0.29, 0.717) is 53.6 Å². The third-order valence-electron chi connectivity index (χ3n) is 8.68. The van der Waals surface area contributed by atoms with Gasteiger partial charge in [-0.05, 0) is 43.2 Å². The Morgan fingerprint density at radius 3 is 2.40 bits per heavy atom. The molecule has 0 fully saturated rings. The molecular formula is C35H28ClF6N11O5. The summed E-state index contributed by atoms with van der Waals surface area (Å²) < 4.78 is 80.7. The molecule has 0 saturated heterocycles. The average molecular weight is 832 g/mol. The molecule has 16 nitrogen and oxygen atoms in total. The molecule has 0 radical (unpaired) electrons. The normalized spacial score (nSPS) is 15.8. The highest BCUT2D eigenvalue weighted by Gasteiger charge is 2.38. The second kappa shape index (κ2) is 16.4. The van der Waals surface area contributed by atoms with Crippen molar-refractivity contribution >= 4 is 29.2 Å². The molecular weight excluding hydrogens is 804 g/mol. The Labute approximate surface area is 327 Å². The number of hydrogen-bond acceptors (Lipinski definition) is 11. The van der Waals surface area contributed by atoms with Gasteiger partial charge in [-0.15, -0.1) is 5.10 Å². The number of anilines is 1. The monoisotopic (exact) mass is 831 g/mol. The van der Waals surface area contributed by atoms with Crippen molar-refractivity contribution in [3.63, 3.8) is 0 Å². The van der Waals surface area contributed by atoms with Crippen LogP contribution in [0.2, 0.25) is 5.02 Å². The summed E-state index contributed by atoms with van der Waals surface area (Å²) in [6.07, 6.45) is -1.54. The van der Waals surface area contributed by atoms with Crippen molar-refractivity contribution in [2.45, 2.75) is 44.6 Å². The van der Waals surface area contributed by atoms with Crippen LogP contribution in [0, 0.1) is 5.92 Å². The number of halogens is 7. The summed E-state index contributed by atoms with van der Waals surface area (Å²) in [6, 6.07) is 10.3. The number of rotatable bonds is 5. The molecule has 58 heavy (non-hydrogen) atoms. The van der Waals surface area contributed by atoms with Gasteiger partial charge in [-0.25, -0.2) is 29.1 Å². The molecule has 6 aromatic rings. The van der Waals surface area contributed by atoms with E-state index in [2.05, 4.69) is 35.6 Å². The first-order valence-corrected chi connectivity index (χ1v) is 17.2. The minimum Gasteiger partial charge on any atom is -0.481 e. The van der Waals surface area contributed by atoms with Gasteiger partial charge in [0.15, 0.2) is 11.5 Å². The Bertz CT molecular complexity index is 2540. The van der Waals surface area contributed by atoms with Crippen molar-refractivity contribution in [1.29, 1.82) is 0 Å². The third-order valence-corrected chi connectivity index (χ3v) is 8.92. The van der Waals surface area contributed by atoms with Crippen LogP contribution in [0.3, 0.4) is 0 Å². The van der Waals surface area contributed by atoms with E-state index in [1.807, 2.05) is 6.92 Å². The molecule has 2 bridgehead atoms. The standard InChI is InChI=1S/C33H27ClF3N11O3.C2HF3O2/c1-18-4-3-5-26(23-10-19(8-9-38-23)31-24(42-32(18)50)14-48(44-31)28-13-29(51-2)40-16-39-28)46-17-41-22(12-30(46)49)21-11-20(34)6-7-25(21)47-15-27(43-45-47)33(35,36)37;3-2(4,5)1(6)7/h6-18,26H,3-5H2,1-2H3,(H,42,50);(H,6,7)/t18-,26+;/m1./s1. The number of aliphatic carboxylic acids is 1. The molecule has 6 heterocycles. The zero-order chi connectivity index (χ0) is 41.9. The van der Waals surface area contributed by atoms with Crippen molar-refractivity contribution in [3.05, 3.63) is 100 Å². The van der Waals surface area contributed by atoms with Crippen LogP contribution in [0.25, 0.3) is 34.0 Å². The fraction of sp³-hybridized carbons (Fsp3) is 0.257. The van der Waals surface area contributed by atoms with Crippen molar-refractivity contribution in [2.75, 3.05) is 12.4 Å². The Balaban J connectivity index is 0.000000743. The SMILES string of the molecule is COc1cc(-n2cc3c(n2)-c2ccnc(c2)[C@@H](n2cnc(-c4cc(Cl)ccc4-n4cc(C(F)(F)F)nn4)cc2=O)CCC[C@@H](C)C(=O)N3)ncn1.O=C(O)C(F)(F)F. The number of pyridine rings is 1. The fourth-order valence-electron chi connectivity index (χ4n) is 5.79. The number of amides is 1. The summed E-state index contributed by atoms with van der Waals surface area (Å²) in [5.74, 6) is -2.58. The fourth-order valence-corrected chi connectivity index (χ4v) is 5.96. The number of carboxylic acids is 1. The molecule has 2 N–H and O–H groups in total. The lowest BCUT2D eigenvalue weighted by molar-refractivity contribution is -0.192. The first-order chi connectivity index (χ1) is 27.4. The number of aromatic nitrogens is 10. The van der Waals surface area contributed by atoms with E-state index in [9.17, 15) is 35.9 Å². The number of nitrogens with zero attached hydrogens (tertiary/aromatic N) is 10. The second-order valence-corrected chi connectivity index (χ2v) is 13.0. The maximum absolute atomic E-state index is 13.9. The van der Waals surface area contributed by atoms with Gasteiger partial charge in [0.25, 0.3) is 5.56 Å². The van der Waals surface area contributed by atoms with Crippen LogP contribution in [0.1, 0.15) is 43.6 Å². The molecule has 1 aliphatic heterocycles. The minimum atomic E-state index is -5.08. The van der Waals surface area contributed by atoms with Crippen molar-refractivity contribution in [1.82, 2.24) is 49.3 Å². The number of nitrogens with one attached hydrogen (secondary N) is 1. The highest BCUT2D eigenvalue weighted by atomic mass is 35.5. The molecule has 302 valence electrons. The molecule has 0 unspecified atom stereocenters. The van der Waals surface area contributed by atoms with E-state index in [1.165, 1.54) is 53.3 Å². The number of ether oxygens (including phenoxy) is 1. The lowest BCUT2D eigenvalue weighted by Gasteiger charge is -2.22. The van der Waals surface area contributed by atoms with Gasteiger partial charge in [0.2, 0.25) is 11.8 Å². The summed E-state index contributed by atoms with van der Waals surface area (Å²) in [7, 11) is 1.49. The van der Waals surface area contributed by atoms with Gasteiger partial charge < -0.3 is 15.2 Å². The molecule has 7 rings (SSSR count). The van der Waals surface area contributed by atoms with Gasteiger partial charge in [0, 0.05) is 40.4 Å². The van der Waals surface area contributed by atoms with Gasteiger partial charge in [-0.2, -0.15) is 31.4 Å². The summed E-state index contributed by atoms with van der Waals surface area (Å²) >= 11 is 6.27. The molecule has 1 aliphatic rings. The van der Waals surface area contributed by atoms with E-state index in [1.54, 1.807) is 30.6 Å². The zero-order valence-electron chi connectivity index (χ0n) is 29.9. The molecule has 0 spiro atoms. The van der Waals surface area contributed by atoms with Gasteiger partial charge in [-0.3, -0.25) is 19.1 Å². The van der Waals surface area contributed by atoms with Crippen LogP contribution < -0.4 is 15.6 Å². The number of fused-ring (bicyclic) bond motifs is 4. The van der Waals surface area contributed by atoms with E-state index in [4.69, 9.17) is 31.3 Å². The Hall–Kier alpha value is -6.71. The van der Waals surface area contributed by atoms with Gasteiger partial charge in [0.1, 0.15) is 12.0 Å². The van der Waals surface area contributed by atoms with Crippen LogP contribution in [0.15, 0.2) is 78.5 Å². The third kappa shape index (κ3) is 9.12. The summed E-state index contributed by atoms with van der Waals surface area (Å²) in [5.41, 5.74) is 1.08. The minimum absolute atomic E-state index is 0.162. The maximum Gasteiger partial charge on any atom is 0.490 e. The molecule has 2 atom stereocenters. The highest BCUT2D eigenvalue weighted by molar-refractivity contribution is 6.31. The number of carboxylic acid groups (broad SMARTS) is 1. The molecule has 5 aromatic heterocycles. The van der Waals surface area contributed by atoms with Crippen molar-refractivity contribution < 1.29 is 45.8 Å². The number of carbonyl (C=O) groups excluding carboxylic acids is 1. The number of methoxy groups -OCH3 is 1. The first-order valence-electron chi connectivity index (χ1n) is 16.8. The van der Waals surface area contributed by atoms with Crippen LogP contribution in [-0.2, 0) is 15.8 Å². The molecule has 0 aliphatic carbocycles. The molecule has 1 amide bonds. The van der Waals surface area contributed by atoms with E-state index < -0.39 is 35.6 Å². The van der Waals surface area contributed by atoms with Crippen molar-refractivity contribution in [2.24, 2.45) is 5.92 Å². The Morgan fingerprint density at radius 1 is 0.966 bits per heavy atom. The van der Waals surface area contributed by atoms with Crippen LogP contribution in [0.4, 0.5) is 32.0 Å². The summed E-state index contributed by atoms with van der Waals surface area (Å²) in [6.45, 7) is 1.82. The first kappa shape index (κ1) is 40.9. The van der Waals surface area contributed by atoms with Crippen LogP contribution in [-0.4, -0.2) is 79.5 Å². The second-order valence-electron chi connectivity index (χ2n) is 12.6. The van der Waals surface area contributed by atoms with E-state index >= 15 is 0 Å². The van der Waals surface area contributed by atoms with E-state index in [-0.39, 0.29) is 33.8 Å². The summed E-state index contributed by atoms with van der Waals surface area (Å²) in [5, 5.41) is 22.0. The molecule has 23 heteroatoms. The molecule has 1 aromatic carbocycles. The average Bonchev–Trinajstić information content (AvgIpc) is 3.85. The lowest BCUT2D eigenvalue weighted by Crippen LogP contribution is -2.27. The van der Waals surface area contributed by atoms with Crippen LogP contribution >= 0.6 is 11.6 Å². The number of hydrogen-bond donors (Lipinski definition) is 2.